The molecule has 0 radical (unpaired) electrons. The monoisotopic (exact) mass is 383 g/mol. The molecule has 0 bridgehead atoms. The van der Waals surface area contributed by atoms with Gasteiger partial charge >= 0.3 is 0 Å². The van der Waals surface area contributed by atoms with Gasteiger partial charge in [0.25, 0.3) is 0 Å². The van der Waals surface area contributed by atoms with Crippen molar-refractivity contribution >= 4 is 44.8 Å². The van der Waals surface area contributed by atoms with Crippen molar-refractivity contribution in [1.29, 1.82) is 0 Å². The van der Waals surface area contributed by atoms with E-state index < -0.39 is 0 Å². The third-order valence-electron chi connectivity index (χ3n) is 2.87. The summed E-state index contributed by atoms with van der Waals surface area (Å²) < 4.78 is 2.35. The molecule has 106 valence electrons. The van der Waals surface area contributed by atoms with Gasteiger partial charge in [-0.05, 0) is 62.8 Å². The zero-order valence-corrected chi connectivity index (χ0v) is 13.6. The van der Waals surface area contributed by atoms with Crippen molar-refractivity contribution in [3.05, 3.63) is 50.9 Å². The number of rotatable bonds is 2. The fourth-order valence-electron chi connectivity index (χ4n) is 1.87. The van der Waals surface area contributed by atoms with Crippen molar-refractivity contribution in [2.75, 3.05) is 5.73 Å². The van der Waals surface area contributed by atoms with Gasteiger partial charge in [0, 0.05) is 20.7 Å². The number of hydrogen-bond acceptors (Lipinski definition) is 4. The summed E-state index contributed by atoms with van der Waals surface area (Å²) in [5.74, 6) is 0.494. The highest BCUT2D eigenvalue weighted by Gasteiger charge is 2.14. The molecule has 0 atom stereocenters. The van der Waals surface area contributed by atoms with Crippen molar-refractivity contribution in [1.82, 2.24) is 20.2 Å². The maximum atomic E-state index is 6.11. The van der Waals surface area contributed by atoms with Gasteiger partial charge in [0.15, 0.2) is 5.82 Å². The summed E-state index contributed by atoms with van der Waals surface area (Å²) in [5.41, 5.74) is 7.90. The topological polar surface area (TPSA) is 69.6 Å². The van der Waals surface area contributed by atoms with E-state index in [1.807, 2.05) is 12.1 Å². The van der Waals surface area contributed by atoms with E-state index in [9.17, 15) is 0 Å². The molecule has 0 spiro atoms. The molecule has 21 heavy (non-hydrogen) atoms. The summed E-state index contributed by atoms with van der Waals surface area (Å²) in [6, 6.07) is 10.6. The summed E-state index contributed by atoms with van der Waals surface area (Å²) in [4.78, 5) is 0. The van der Waals surface area contributed by atoms with Crippen LogP contribution in [-0.2, 0) is 0 Å². The Morgan fingerprint density at radius 3 is 2.67 bits per heavy atom. The highest BCUT2D eigenvalue weighted by atomic mass is 79.9. The number of benzene rings is 2. The summed E-state index contributed by atoms with van der Waals surface area (Å²) in [6.07, 6.45) is 0. The predicted octanol–water partition coefficient (Wildman–Crippen LogP) is 3.98. The Morgan fingerprint density at radius 1 is 1.10 bits per heavy atom. The zero-order chi connectivity index (χ0) is 15.0. The van der Waals surface area contributed by atoms with Crippen molar-refractivity contribution in [2.45, 2.75) is 0 Å². The van der Waals surface area contributed by atoms with Gasteiger partial charge < -0.3 is 5.73 Å². The van der Waals surface area contributed by atoms with E-state index in [0.717, 1.165) is 10.2 Å². The lowest BCUT2D eigenvalue weighted by atomic mass is 10.1. The van der Waals surface area contributed by atoms with Gasteiger partial charge in [0.05, 0.1) is 10.7 Å². The van der Waals surface area contributed by atoms with E-state index in [1.54, 1.807) is 28.9 Å². The van der Waals surface area contributed by atoms with Crippen LogP contribution < -0.4 is 5.73 Å². The first kappa shape index (κ1) is 14.3. The van der Waals surface area contributed by atoms with Crippen LogP contribution in [0.5, 0.6) is 0 Å². The normalized spacial score (nSPS) is 10.8. The zero-order valence-electron chi connectivity index (χ0n) is 10.5. The van der Waals surface area contributed by atoms with Gasteiger partial charge in [-0.25, -0.2) is 0 Å². The molecule has 0 unspecified atom stereocenters. The van der Waals surface area contributed by atoms with Crippen LogP contribution in [0.1, 0.15) is 0 Å². The molecule has 3 rings (SSSR count). The summed E-state index contributed by atoms with van der Waals surface area (Å²) >= 11 is 15.5. The molecule has 2 N–H and O–H groups in total. The number of tetrazole rings is 1. The van der Waals surface area contributed by atoms with Crippen LogP contribution in [0.2, 0.25) is 10.0 Å². The van der Waals surface area contributed by atoms with E-state index in [4.69, 9.17) is 28.9 Å². The molecule has 0 aliphatic rings. The van der Waals surface area contributed by atoms with Gasteiger partial charge in [0.1, 0.15) is 0 Å². The number of nitrogen functional groups attached to an aromatic ring is 1. The molecule has 3 aromatic rings. The van der Waals surface area contributed by atoms with Crippen LogP contribution in [0.25, 0.3) is 17.1 Å². The molecule has 1 aromatic heterocycles. The first-order chi connectivity index (χ1) is 10.1. The third-order valence-corrected chi connectivity index (χ3v) is 4.34. The molecular weight excluding hydrogens is 377 g/mol. The largest absolute Gasteiger partial charge is 0.398 e. The molecule has 0 amide bonds. The van der Waals surface area contributed by atoms with Gasteiger partial charge in [0.2, 0.25) is 0 Å². The number of hydrogen-bond donors (Lipinski definition) is 1. The first-order valence-electron chi connectivity index (χ1n) is 5.85. The minimum Gasteiger partial charge on any atom is -0.398 e. The first-order valence-corrected chi connectivity index (χ1v) is 7.40. The molecule has 0 aliphatic heterocycles. The molecule has 0 fully saturated rings. The predicted molar refractivity (Wildman–Crippen MR) is 86.7 cm³/mol. The van der Waals surface area contributed by atoms with Gasteiger partial charge in [-0.15, -0.1) is 5.10 Å². The average molecular weight is 385 g/mol. The van der Waals surface area contributed by atoms with E-state index in [0.29, 0.717) is 27.1 Å². The van der Waals surface area contributed by atoms with Crippen molar-refractivity contribution in [3.63, 3.8) is 0 Å². The minimum atomic E-state index is 0.494. The molecular formula is C13H8BrCl2N5. The SMILES string of the molecule is Nc1ccc(Cl)cc1-c1nnnn1-c1ccc(Br)c(Cl)c1. The molecule has 0 saturated carbocycles. The second kappa shape index (κ2) is 5.63. The smallest absolute Gasteiger partial charge is 0.189 e. The Kier molecular flexibility index (Phi) is 3.84. The molecule has 0 aliphatic carbocycles. The van der Waals surface area contributed by atoms with Gasteiger partial charge in [-0.3, -0.25) is 0 Å². The van der Waals surface area contributed by atoms with E-state index in [1.165, 1.54) is 0 Å². The van der Waals surface area contributed by atoms with Crippen LogP contribution >= 0.6 is 39.1 Å². The Hall–Kier alpha value is -1.63. The maximum Gasteiger partial charge on any atom is 0.189 e. The highest BCUT2D eigenvalue weighted by Crippen LogP contribution is 2.30. The van der Waals surface area contributed by atoms with Crippen LogP contribution in [0, 0.1) is 0 Å². The minimum absolute atomic E-state index is 0.494. The third kappa shape index (κ3) is 2.74. The van der Waals surface area contributed by atoms with Crippen molar-refractivity contribution in [2.24, 2.45) is 0 Å². The van der Waals surface area contributed by atoms with Gasteiger partial charge in [-0.2, -0.15) is 4.68 Å². The van der Waals surface area contributed by atoms with Crippen LogP contribution in [0.4, 0.5) is 5.69 Å². The Balaban J connectivity index is 2.17. The van der Waals surface area contributed by atoms with Gasteiger partial charge in [-0.1, -0.05) is 23.2 Å². The average Bonchev–Trinajstić information content (AvgIpc) is 2.93. The number of anilines is 1. The summed E-state index contributed by atoms with van der Waals surface area (Å²) in [7, 11) is 0. The number of aromatic nitrogens is 4. The van der Waals surface area contributed by atoms with Crippen LogP contribution in [0.3, 0.4) is 0 Å². The fourth-order valence-corrected chi connectivity index (χ4v) is 2.46. The molecule has 8 heteroatoms. The van der Waals surface area contributed by atoms with E-state index in [2.05, 4.69) is 31.5 Å². The van der Waals surface area contributed by atoms with Crippen LogP contribution in [-0.4, -0.2) is 20.2 Å². The number of nitrogens with zero attached hydrogens (tertiary/aromatic N) is 4. The number of nitrogens with two attached hydrogens (primary N) is 1. The molecule has 5 nitrogen and oxygen atoms in total. The van der Waals surface area contributed by atoms with E-state index in [-0.39, 0.29) is 0 Å². The van der Waals surface area contributed by atoms with Crippen molar-refractivity contribution < 1.29 is 0 Å². The lowest BCUT2D eigenvalue weighted by Crippen LogP contribution is -2.01. The quantitative estimate of drug-likeness (QED) is 0.678. The lowest BCUT2D eigenvalue weighted by molar-refractivity contribution is 0.791. The Labute approximate surface area is 138 Å². The second-order valence-corrected chi connectivity index (χ2v) is 5.94. The Morgan fingerprint density at radius 2 is 1.90 bits per heavy atom. The van der Waals surface area contributed by atoms with Crippen molar-refractivity contribution in [3.8, 4) is 17.1 Å². The maximum absolute atomic E-state index is 6.11. The van der Waals surface area contributed by atoms with Crippen LogP contribution in [0.15, 0.2) is 40.9 Å². The van der Waals surface area contributed by atoms with E-state index >= 15 is 0 Å². The molecule has 0 saturated heterocycles. The molecule has 2 aromatic carbocycles. The lowest BCUT2D eigenvalue weighted by Gasteiger charge is -2.08. The number of halogens is 3. The highest BCUT2D eigenvalue weighted by molar-refractivity contribution is 9.10. The summed E-state index contributed by atoms with van der Waals surface area (Å²) in [5, 5.41) is 12.8. The Bertz CT molecular complexity index is 818. The standard InChI is InChI=1S/C13H8BrCl2N5/c14-10-3-2-8(6-11(10)16)21-13(18-19-20-21)9-5-7(15)1-4-12(9)17/h1-6H,17H2. The molecule has 1 heterocycles. The summed E-state index contributed by atoms with van der Waals surface area (Å²) in [6.45, 7) is 0. The fraction of sp³-hybridized carbons (Fsp3) is 0. The second-order valence-electron chi connectivity index (χ2n) is 4.24.